The van der Waals surface area contributed by atoms with E-state index in [4.69, 9.17) is 14.2 Å². The largest absolute Gasteiger partial charge is 0.507 e. The minimum atomic E-state index is -0.882. The van der Waals surface area contributed by atoms with Crippen molar-refractivity contribution in [2.45, 2.75) is 38.8 Å². The number of benzene rings is 2. The van der Waals surface area contributed by atoms with Gasteiger partial charge in [0.05, 0.1) is 31.4 Å². The van der Waals surface area contributed by atoms with E-state index in [1.54, 1.807) is 30.3 Å². The summed E-state index contributed by atoms with van der Waals surface area (Å²) in [6.45, 7) is 5.04. The summed E-state index contributed by atoms with van der Waals surface area (Å²) in [5.41, 5.74) is 1.65. The van der Waals surface area contributed by atoms with Gasteiger partial charge in [-0.3, -0.25) is 9.59 Å². The Hall–Kier alpha value is -3.52. The first-order valence-corrected chi connectivity index (χ1v) is 11.4. The van der Waals surface area contributed by atoms with E-state index in [2.05, 4.69) is 0 Å². The number of phenolic OH excluding ortho intramolecular Hbond substituents is 1. The Morgan fingerprint density at radius 2 is 1.94 bits per heavy atom. The van der Waals surface area contributed by atoms with Crippen molar-refractivity contribution in [1.82, 2.24) is 4.90 Å². The SMILES string of the molecule is CCOc1ccc(/C(O)=C2/C(=O)C(=O)N(CC3CCCO3)C2c2ccc(OC)c(O)c2)cc1C. The molecule has 2 saturated heterocycles. The number of aliphatic hydroxyl groups excluding tert-OH is 1. The lowest BCUT2D eigenvalue weighted by Crippen LogP contribution is -2.36. The molecule has 0 aromatic heterocycles. The molecular weight excluding hydrogens is 438 g/mol. The Labute approximate surface area is 198 Å². The van der Waals surface area contributed by atoms with Gasteiger partial charge in [0.25, 0.3) is 11.7 Å². The smallest absolute Gasteiger partial charge is 0.295 e. The number of phenols is 1. The Kier molecular flexibility index (Phi) is 6.79. The summed E-state index contributed by atoms with van der Waals surface area (Å²) in [6.07, 6.45) is 1.47. The first-order valence-electron chi connectivity index (χ1n) is 11.4. The summed E-state index contributed by atoms with van der Waals surface area (Å²) >= 11 is 0. The first-order chi connectivity index (χ1) is 16.3. The van der Waals surface area contributed by atoms with Crippen molar-refractivity contribution in [2.75, 3.05) is 26.9 Å². The average molecular weight is 468 g/mol. The van der Waals surface area contributed by atoms with Crippen molar-refractivity contribution in [2.24, 2.45) is 0 Å². The molecule has 0 saturated carbocycles. The summed E-state index contributed by atoms with van der Waals surface area (Å²) in [4.78, 5) is 27.7. The van der Waals surface area contributed by atoms with Gasteiger partial charge in [-0.1, -0.05) is 6.07 Å². The standard InChI is InChI=1S/C26H29NO7/c1-4-33-20-9-8-17(12-15(20)2)24(29)22-23(16-7-10-21(32-3)19(28)13-16)27(26(31)25(22)30)14-18-6-5-11-34-18/h7-10,12-13,18,23,28-29H,4-6,11,14H2,1-3H3/b24-22-. The maximum atomic E-state index is 13.2. The van der Waals surface area contributed by atoms with Gasteiger partial charge in [0.15, 0.2) is 11.5 Å². The highest BCUT2D eigenvalue weighted by molar-refractivity contribution is 6.46. The van der Waals surface area contributed by atoms with Crippen LogP contribution in [0.25, 0.3) is 5.76 Å². The highest BCUT2D eigenvalue weighted by Crippen LogP contribution is 2.42. The lowest BCUT2D eigenvalue weighted by Gasteiger charge is -2.27. The molecule has 2 unspecified atom stereocenters. The van der Waals surface area contributed by atoms with Crippen LogP contribution in [-0.2, 0) is 14.3 Å². The number of carbonyl (C=O) groups is 2. The second kappa shape index (κ2) is 9.77. The van der Waals surface area contributed by atoms with Gasteiger partial charge < -0.3 is 29.3 Å². The van der Waals surface area contributed by atoms with Crippen molar-refractivity contribution in [3.63, 3.8) is 0 Å². The Morgan fingerprint density at radius 1 is 1.18 bits per heavy atom. The topological polar surface area (TPSA) is 106 Å². The van der Waals surface area contributed by atoms with E-state index in [-0.39, 0.29) is 35.5 Å². The monoisotopic (exact) mass is 467 g/mol. The number of aromatic hydroxyl groups is 1. The highest BCUT2D eigenvalue weighted by Gasteiger charge is 2.47. The molecule has 0 bridgehead atoms. The molecule has 4 rings (SSSR count). The quantitative estimate of drug-likeness (QED) is 0.363. The number of likely N-dealkylation sites (tertiary alicyclic amines) is 1. The van der Waals surface area contributed by atoms with E-state index in [1.165, 1.54) is 18.1 Å². The van der Waals surface area contributed by atoms with Gasteiger partial charge in [0.2, 0.25) is 0 Å². The average Bonchev–Trinajstić information content (AvgIpc) is 3.42. The summed E-state index contributed by atoms with van der Waals surface area (Å²) in [5.74, 6) is -0.946. The molecule has 0 aliphatic carbocycles. The third-order valence-electron chi connectivity index (χ3n) is 6.23. The number of Topliss-reactive ketones (excluding diaryl/α,β-unsaturated/α-hetero) is 1. The van der Waals surface area contributed by atoms with Crippen molar-refractivity contribution in [1.29, 1.82) is 0 Å². The normalized spacial score (nSPS) is 21.8. The fourth-order valence-electron chi connectivity index (χ4n) is 4.57. The number of carbonyl (C=O) groups excluding carboxylic acids is 2. The van der Waals surface area contributed by atoms with Crippen LogP contribution in [0.3, 0.4) is 0 Å². The predicted octanol–water partition coefficient (Wildman–Crippen LogP) is 3.71. The Bertz CT molecular complexity index is 1130. The van der Waals surface area contributed by atoms with Crippen LogP contribution in [0.5, 0.6) is 17.2 Å². The summed E-state index contributed by atoms with van der Waals surface area (Å²) < 4.78 is 16.4. The zero-order valence-corrected chi connectivity index (χ0v) is 19.5. The van der Waals surface area contributed by atoms with Gasteiger partial charge in [0, 0.05) is 18.7 Å². The highest BCUT2D eigenvalue weighted by atomic mass is 16.5. The molecule has 8 heteroatoms. The molecule has 2 aromatic carbocycles. The number of aliphatic hydroxyl groups is 1. The van der Waals surface area contributed by atoms with Gasteiger partial charge in [-0.25, -0.2) is 0 Å². The molecule has 2 heterocycles. The number of rotatable bonds is 7. The predicted molar refractivity (Wildman–Crippen MR) is 125 cm³/mol. The van der Waals surface area contributed by atoms with E-state index in [9.17, 15) is 19.8 Å². The molecule has 1 amide bonds. The van der Waals surface area contributed by atoms with E-state index >= 15 is 0 Å². The number of ether oxygens (including phenoxy) is 3. The molecule has 2 atom stereocenters. The number of methoxy groups -OCH3 is 1. The van der Waals surface area contributed by atoms with Crippen molar-refractivity contribution in [3.8, 4) is 17.2 Å². The summed E-state index contributed by atoms with van der Waals surface area (Å²) in [6, 6.07) is 8.92. The van der Waals surface area contributed by atoms with Crippen LogP contribution in [0.15, 0.2) is 42.0 Å². The van der Waals surface area contributed by atoms with Crippen LogP contribution in [0, 0.1) is 6.92 Å². The number of nitrogens with zero attached hydrogens (tertiary/aromatic N) is 1. The van der Waals surface area contributed by atoms with Gasteiger partial charge in [0.1, 0.15) is 11.5 Å². The maximum absolute atomic E-state index is 13.2. The zero-order valence-electron chi connectivity index (χ0n) is 19.5. The van der Waals surface area contributed by atoms with Crippen LogP contribution >= 0.6 is 0 Å². The Balaban J connectivity index is 1.82. The minimum Gasteiger partial charge on any atom is -0.507 e. The fourth-order valence-corrected chi connectivity index (χ4v) is 4.57. The maximum Gasteiger partial charge on any atom is 0.295 e. The molecule has 2 fully saturated rings. The van der Waals surface area contributed by atoms with Crippen LogP contribution in [0.1, 0.15) is 42.5 Å². The molecule has 0 radical (unpaired) electrons. The van der Waals surface area contributed by atoms with E-state index in [0.717, 1.165) is 18.4 Å². The molecule has 0 spiro atoms. The number of amides is 1. The van der Waals surface area contributed by atoms with Gasteiger partial charge >= 0.3 is 0 Å². The fraction of sp³-hybridized carbons (Fsp3) is 0.385. The number of aryl methyl sites for hydroxylation is 1. The van der Waals surface area contributed by atoms with E-state index < -0.39 is 17.7 Å². The van der Waals surface area contributed by atoms with Crippen molar-refractivity contribution >= 4 is 17.4 Å². The zero-order chi connectivity index (χ0) is 24.4. The number of ketones is 1. The minimum absolute atomic E-state index is 0.0314. The van der Waals surface area contributed by atoms with Gasteiger partial charge in [-0.2, -0.15) is 0 Å². The third kappa shape index (κ3) is 4.33. The Morgan fingerprint density at radius 3 is 2.56 bits per heavy atom. The third-order valence-corrected chi connectivity index (χ3v) is 6.23. The molecule has 2 aliphatic rings. The van der Waals surface area contributed by atoms with Gasteiger partial charge in [-0.05, 0) is 68.1 Å². The van der Waals surface area contributed by atoms with Crippen molar-refractivity contribution < 1.29 is 34.0 Å². The molecule has 2 aliphatic heterocycles. The summed E-state index contributed by atoms with van der Waals surface area (Å²) in [7, 11) is 1.44. The number of hydrogen-bond acceptors (Lipinski definition) is 7. The van der Waals surface area contributed by atoms with E-state index in [0.29, 0.717) is 30.1 Å². The molecular formula is C26H29NO7. The van der Waals surface area contributed by atoms with Crippen molar-refractivity contribution in [3.05, 3.63) is 58.7 Å². The van der Waals surface area contributed by atoms with E-state index in [1.807, 2.05) is 13.8 Å². The number of hydrogen-bond donors (Lipinski definition) is 2. The van der Waals surface area contributed by atoms with Gasteiger partial charge in [-0.15, -0.1) is 0 Å². The molecule has 8 nitrogen and oxygen atoms in total. The lowest BCUT2D eigenvalue weighted by atomic mass is 9.94. The van der Waals surface area contributed by atoms with Crippen LogP contribution in [0.2, 0.25) is 0 Å². The second-order valence-corrected chi connectivity index (χ2v) is 8.43. The molecule has 34 heavy (non-hydrogen) atoms. The van der Waals surface area contributed by atoms with Crippen LogP contribution < -0.4 is 9.47 Å². The molecule has 2 N–H and O–H groups in total. The summed E-state index contributed by atoms with van der Waals surface area (Å²) in [5, 5.41) is 21.6. The lowest BCUT2D eigenvalue weighted by molar-refractivity contribution is -0.140. The molecule has 180 valence electrons. The van der Waals surface area contributed by atoms with Crippen LogP contribution in [0.4, 0.5) is 0 Å². The second-order valence-electron chi connectivity index (χ2n) is 8.43. The molecule has 2 aromatic rings. The first kappa shape index (κ1) is 23.6. The van der Waals surface area contributed by atoms with Crippen LogP contribution in [-0.4, -0.2) is 59.8 Å².